The second-order valence-corrected chi connectivity index (χ2v) is 12.6. The third-order valence-corrected chi connectivity index (χ3v) is 8.55. The molecule has 0 unspecified atom stereocenters. The van der Waals surface area contributed by atoms with Crippen LogP contribution in [-0.4, -0.2) is 86.4 Å². The Kier molecular flexibility index (Phi) is 13.4. The Labute approximate surface area is 317 Å². The van der Waals surface area contributed by atoms with Gasteiger partial charge >= 0.3 is 24.1 Å². The van der Waals surface area contributed by atoms with Gasteiger partial charge in [0.2, 0.25) is 12.2 Å². The van der Waals surface area contributed by atoms with Gasteiger partial charge in [0.25, 0.3) is 0 Å². The molecule has 0 heterocycles. The van der Waals surface area contributed by atoms with Crippen molar-refractivity contribution in [2.24, 2.45) is 9.98 Å². The Morgan fingerprint density at radius 1 is 0.582 bits per heavy atom. The molecule has 0 aliphatic heterocycles. The van der Waals surface area contributed by atoms with Gasteiger partial charge in [-0.25, -0.2) is 28.8 Å². The second-order valence-electron chi connectivity index (χ2n) is 12.6. The first-order chi connectivity index (χ1) is 26.6. The summed E-state index contributed by atoms with van der Waals surface area (Å²) in [5.74, 6) is 0. The van der Waals surface area contributed by atoms with E-state index in [2.05, 4.69) is 41.9 Å². The summed E-state index contributed by atoms with van der Waals surface area (Å²) in [5.41, 5.74) is 7.23. The number of anilines is 4. The summed E-state index contributed by atoms with van der Waals surface area (Å²) < 4.78 is 0. The van der Waals surface area contributed by atoms with Crippen molar-refractivity contribution in [2.45, 2.75) is 19.3 Å². The van der Waals surface area contributed by atoms with Gasteiger partial charge in [-0.3, -0.25) is 0 Å². The number of aliphatic imine (C=N–C) groups is 2. The molecule has 0 radical (unpaired) electrons. The highest BCUT2D eigenvalue weighted by atomic mass is 16.2. The van der Waals surface area contributed by atoms with Crippen molar-refractivity contribution in [1.82, 2.24) is 20.4 Å². The van der Waals surface area contributed by atoms with Gasteiger partial charge in [0.05, 0.1) is 11.4 Å². The van der Waals surface area contributed by atoms with E-state index in [1.165, 1.54) is 22.0 Å². The van der Waals surface area contributed by atoms with Gasteiger partial charge in [-0.1, -0.05) is 24.3 Å². The van der Waals surface area contributed by atoms with Crippen molar-refractivity contribution >= 4 is 70.4 Å². The summed E-state index contributed by atoms with van der Waals surface area (Å²) in [5, 5.41) is 16.8. The standard InChI is InChI=1S/C39H40N10O6/c1-48(38(54)46-30-9-3-7-28(22-30)42-24-50)17-5-15-40-36(52)44-32-11-13-34-26(20-32)19-27-21-33(12-14-35(27)34)45-37(53)41-16-6-18-49(2)39(55)47-31-10-4-8-29(23-31)43-25-51/h3-4,7-14,20-23H,5-6,15-19H2,1-2H3,(H,46,54)(H,47,55)(H2,40,44,52)(H2,41,45,53). The molecule has 0 saturated heterocycles. The van der Waals surface area contributed by atoms with Crippen LogP contribution in [0.3, 0.4) is 0 Å². The van der Waals surface area contributed by atoms with Gasteiger partial charge in [-0.2, -0.15) is 9.98 Å². The average Bonchev–Trinajstić information content (AvgIpc) is 3.52. The van der Waals surface area contributed by atoms with E-state index < -0.39 is 0 Å². The van der Waals surface area contributed by atoms with E-state index in [-0.39, 0.29) is 24.1 Å². The van der Waals surface area contributed by atoms with Gasteiger partial charge < -0.3 is 41.7 Å². The Morgan fingerprint density at radius 3 is 1.42 bits per heavy atom. The summed E-state index contributed by atoms with van der Waals surface area (Å²) >= 11 is 0. The molecular formula is C39H40N10O6. The zero-order chi connectivity index (χ0) is 39.2. The molecular weight excluding hydrogens is 704 g/mol. The van der Waals surface area contributed by atoms with Crippen molar-refractivity contribution in [1.29, 1.82) is 0 Å². The fraction of sp³-hybridized carbons (Fsp3) is 0.231. The van der Waals surface area contributed by atoms with Crippen LogP contribution in [0.15, 0.2) is 94.9 Å². The quantitative estimate of drug-likeness (QED) is 0.0423. The zero-order valence-electron chi connectivity index (χ0n) is 30.3. The van der Waals surface area contributed by atoms with Gasteiger partial charge in [0, 0.05) is 63.0 Å². The van der Waals surface area contributed by atoms with Crippen molar-refractivity contribution < 1.29 is 28.8 Å². The van der Waals surface area contributed by atoms with Crippen LogP contribution in [0, 0.1) is 0 Å². The average molecular weight is 745 g/mol. The van der Waals surface area contributed by atoms with Crippen LogP contribution in [0.25, 0.3) is 11.1 Å². The lowest BCUT2D eigenvalue weighted by atomic mass is 10.1. The molecule has 1 aliphatic rings. The number of amides is 8. The minimum absolute atomic E-state index is 0.338. The Bertz CT molecular complexity index is 2010. The molecule has 0 bridgehead atoms. The van der Waals surface area contributed by atoms with E-state index in [0.29, 0.717) is 79.6 Å². The summed E-state index contributed by atoms with van der Waals surface area (Å²) in [4.78, 5) is 81.3. The van der Waals surface area contributed by atoms with Crippen LogP contribution in [0.2, 0.25) is 0 Å². The van der Waals surface area contributed by atoms with Crippen molar-refractivity contribution in [3.8, 4) is 11.1 Å². The molecule has 1 aliphatic carbocycles. The highest BCUT2D eigenvalue weighted by Gasteiger charge is 2.20. The number of carbonyl (C=O) groups excluding carboxylic acids is 6. The molecule has 0 saturated carbocycles. The molecule has 0 aromatic heterocycles. The summed E-state index contributed by atoms with van der Waals surface area (Å²) in [6.45, 7) is 1.48. The minimum Gasteiger partial charge on any atom is -0.338 e. The molecule has 16 nitrogen and oxygen atoms in total. The lowest BCUT2D eigenvalue weighted by Gasteiger charge is -2.18. The monoisotopic (exact) mass is 744 g/mol. The number of fused-ring (bicyclic) bond motifs is 3. The Hall–Kier alpha value is -7.28. The van der Waals surface area contributed by atoms with Gasteiger partial charge in [-0.05, 0) is 102 Å². The fourth-order valence-corrected chi connectivity index (χ4v) is 5.81. The smallest absolute Gasteiger partial charge is 0.321 e. The van der Waals surface area contributed by atoms with Gasteiger partial charge in [0.1, 0.15) is 0 Å². The van der Waals surface area contributed by atoms with Crippen LogP contribution >= 0.6 is 0 Å². The van der Waals surface area contributed by atoms with E-state index in [1.54, 1.807) is 62.6 Å². The number of carbonyl (C=O) groups is 4. The summed E-state index contributed by atoms with van der Waals surface area (Å²) in [6, 6.07) is 23.1. The number of rotatable bonds is 14. The van der Waals surface area contributed by atoms with Crippen LogP contribution < -0.4 is 31.9 Å². The Balaban J connectivity index is 0.998. The maximum Gasteiger partial charge on any atom is 0.321 e. The molecule has 6 N–H and O–H groups in total. The maximum absolute atomic E-state index is 12.6. The molecule has 0 atom stereocenters. The third kappa shape index (κ3) is 11.4. The van der Waals surface area contributed by atoms with Crippen molar-refractivity contribution in [3.05, 3.63) is 96.1 Å². The largest absolute Gasteiger partial charge is 0.338 e. The van der Waals surface area contributed by atoms with E-state index in [0.717, 1.165) is 22.3 Å². The molecule has 0 fully saturated rings. The normalized spacial score (nSPS) is 10.7. The molecule has 282 valence electrons. The molecule has 0 spiro atoms. The predicted molar refractivity (Wildman–Crippen MR) is 210 cm³/mol. The number of benzene rings is 4. The van der Waals surface area contributed by atoms with Crippen molar-refractivity contribution in [3.63, 3.8) is 0 Å². The highest BCUT2D eigenvalue weighted by molar-refractivity contribution is 5.93. The first kappa shape index (κ1) is 38.9. The van der Waals surface area contributed by atoms with E-state index in [4.69, 9.17) is 0 Å². The van der Waals surface area contributed by atoms with E-state index in [1.807, 2.05) is 36.4 Å². The highest BCUT2D eigenvalue weighted by Crippen LogP contribution is 2.39. The lowest BCUT2D eigenvalue weighted by molar-refractivity contribution is 0.221. The van der Waals surface area contributed by atoms with E-state index >= 15 is 0 Å². The molecule has 55 heavy (non-hydrogen) atoms. The number of nitrogens with zero attached hydrogens (tertiary/aromatic N) is 4. The number of hydrogen-bond donors (Lipinski definition) is 6. The molecule has 5 rings (SSSR count). The maximum atomic E-state index is 12.6. The first-order valence-corrected chi connectivity index (χ1v) is 17.4. The SMILES string of the molecule is CN(CCCNC(=O)Nc1ccc2c(c1)Cc1cc(NC(=O)NCCCN(C)C(=O)Nc3cccc(N=C=O)c3)ccc1-2)C(=O)Nc1cccc(N=C=O)c1. The summed E-state index contributed by atoms with van der Waals surface area (Å²) in [6.07, 6.45) is 4.61. The Morgan fingerprint density at radius 2 is 1.00 bits per heavy atom. The van der Waals surface area contributed by atoms with Crippen LogP contribution in [0.1, 0.15) is 24.0 Å². The van der Waals surface area contributed by atoms with Crippen LogP contribution in [-0.2, 0) is 16.0 Å². The minimum atomic E-state index is -0.365. The number of nitrogens with one attached hydrogen (secondary N) is 6. The van der Waals surface area contributed by atoms with Crippen molar-refractivity contribution in [2.75, 3.05) is 61.5 Å². The molecule has 4 aromatic rings. The van der Waals surface area contributed by atoms with Gasteiger partial charge in [0.15, 0.2) is 0 Å². The van der Waals surface area contributed by atoms with Crippen LogP contribution in [0.4, 0.5) is 53.3 Å². The molecule has 4 aromatic carbocycles. The second kappa shape index (κ2) is 19.0. The summed E-state index contributed by atoms with van der Waals surface area (Å²) in [7, 11) is 3.29. The molecule has 8 amide bonds. The molecule has 16 heteroatoms. The first-order valence-electron chi connectivity index (χ1n) is 17.4. The third-order valence-electron chi connectivity index (χ3n) is 8.55. The topological polar surface area (TPSA) is 206 Å². The van der Waals surface area contributed by atoms with Crippen LogP contribution in [0.5, 0.6) is 0 Å². The fourth-order valence-electron chi connectivity index (χ4n) is 5.81. The lowest BCUT2D eigenvalue weighted by Crippen LogP contribution is -2.35. The zero-order valence-corrected chi connectivity index (χ0v) is 30.3. The number of urea groups is 4. The number of isocyanates is 2. The van der Waals surface area contributed by atoms with E-state index in [9.17, 15) is 28.8 Å². The number of hydrogen-bond acceptors (Lipinski definition) is 8. The predicted octanol–water partition coefficient (Wildman–Crippen LogP) is 6.54. The van der Waals surface area contributed by atoms with Gasteiger partial charge in [-0.15, -0.1) is 0 Å².